The topological polar surface area (TPSA) is 47.3 Å². The van der Waals surface area contributed by atoms with E-state index < -0.39 is 6.61 Å². The first kappa shape index (κ1) is 19.1. The van der Waals surface area contributed by atoms with E-state index in [-0.39, 0.29) is 23.7 Å². The van der Waals surface area contributed by atoms with Gasteiger partial charge < -0.3 is 15.8 Å². The summed E-state index contributed by atoms with van der Waals surface area (Å²) in [4.78, 5) is 0. The monoisotopic (exact) mass is 308 g/mol. The van der Waals surface area contributed by atoms with E-state index in [1.165, 1.54) is 0 Å². The summed E-state index contributed by atoms with van der Waals surface area (Å²) in [5, 5.41) is 3.41. The second-order valence-electron chi connectivity index (χ2n) is 5.15. The maximum atomic E-state index is 12.0. The molecule has 1 rings (SSSR count). The Bertz CT molecular complexity index is 387. The number of benzene rings is 1. The van der Waals surface area contributed by atoms with Gasteiger partial charge in [-0.2, -0.15) is 8.78 Å². The maximum Gasteiger partial charge on any atom is 0.387 e. The molecule has 6 heteroatoms. The zero-order valence-electron chi connectivity index (χ0n) is 12.0. The molecule has 0 fully saturated rings. The van der Waals surface area contributed by atoms with Crippen LogP contribution < -0.4 is 15.8 Å². The lowest BCUT2D eigenvalue weighted by molar-refractivity contribution is -0.0498. The highest BCUT2D eigenvalue weighted by atomic mass is 35.5. The number of hydrogen-bond acceptors (Lipinski definition) is 3. The first-order valence-corrected chi connectivity index (χ1v) is 6.36. The number of hydrogen-bond donors (Lipinski definition) is 2. The van der Waals surface area contributed by atoms with Crippen LogP contribution in [0.5, 0.6) is 5.75 Å². The van der Waals surface area contributed by atoms with E-state index in [4.69, 9.17) is 5.73 Å². The molecule has 0 saturated heterocycles. The second-order valence-corrected chi connectivity index (χ2v) is 5.15. The lowest BCUT2D eigenvalue weighted by atomic mass is 9.88. The van der Waals surface area contributed by atoms with Crippen molar-refractivity contribution in [3.05, 3.63) is 29.8 Å². The molecule has 116 valence electrons. The number of rotatable bonds is 7. The molecule has 0 amide bonds. The first-order valence-electron chi connectivity index (χ1n) is 6.36. The SMILES string of the molecule is CC(C)C(C)(CN)NCc1ccc(OC(F)F)cc1.Cl. The van der Waals surface area contributed by atoms with Gasteiger partial charge in [0, 0.05) is 18.6 Å². The summed E-state index contributed by atoms with van der Waals surface area (Å²) in [5.41, 5.74) is 6.65. The van der Waals surface area contributed by atoms with Crippen LogP contribution in [0.15, 0.2) is 24.3 Å². The molecule has 3 nitrogen and oxygen atoms in total. The van der Waals surface area contributed by atoms with Gasteiger partial charge in [-0.3, -0.25) is 0 Å². The average Bonchev–Trinajstić information content (AvgIpc) is 2.36. The predicted octanol–water partition coefficient (Wildman–Crippen LogP) is 3.17. The minimum absolute atomic E-state index is 0. The van der Waals surface area contributed by atoms with Crippen molar-refractivity contribution in [2.24, 2.45) is 11.7 Å². The Hall–Kier alpha value is -0.910. The fraction of sp³-hybridized carbons (Fsp3) is 0.571. The van der Waals surface area contributed by atoms with Crippen molar-refractivity contribution in [3.63, 3.8) is 0 Å². The van der Waals surface area contributed by atoms with Crippen molar-refractivity contribution in [2.75, 3.05) is 6.54 Å². The number of ether oxygens (including phenoxy) is 1. The van der Waals surface area contributed by atoms with Gasteiger partial charge in [0.05, 0.1) is 0 Å². The third-order valence-corrected chi connectivity index (χ3v) is 3.54. The molecule has 0 saturated carbocycles. The Kier molecular flexibility index (Phi) is 8.01. The van der Waals surface area contributed by atoms with Gasteiger partial charge in [-0.05, 0) is 30.5 Å². The summed E-state index contributed by atoms with van der Waals surface area (Å²) in [5.74, 6) is 0.572. The van der Waals surface area contributed by atoms with Gasteiger partial charge in [-0.25, -0.2) is 0 Å². The quantitative estimate of drug-likeness (QED) is 0.813. The molecule has 0 aromatic heterocycles. The maximum absolute atomic E-state index is 12.0. The molecule has 1 unspecified atom stereocenters. The number of halogens is 3. The Labute approximate surface area is 125 Å². The van der Waals surface area contributed by atoms with Gasteiger partial charge >= 0.3 is 6.61 Å². The van der Waals surface area contributed by atoms with E-state index in [0.717, 1.165) is 5.56 Å². The fourth-order valence-corrected chi connectivity index (χ4v) is 1.60. The molecule has 0 aliphatic carbocycles. The van der Waals surface area contributed by atoms with E-state index >= 15 is 0 Å². The summed E-state index contributed by atoms with van der Waals surface area (Å²) in [6.07, 6.45) is 0. The molecule has 3 N–H and O–H groups in total. The summed E-state index contributed by atoms with van der Waals surface area (Å²) < 4.78 is 28.3. The van der Waals surface area contributed by atoms with Crippen LogP contribution in [0.1, 0.15) is 26.3 Å². The number of alkyl halides is 2. The van der Waals surface area contributed by atoms with E-state index in [1.54, 1.807) is 24.3 Å². The highest BCUT2D eigenvalue weighted by Crippen LogP contribution is 2.18. The summed E-state index contributed by atoms with van der Waals surface area (Å²) in [7, 11) is 0. The zero-order chi connectivity index (χ0) is 14.5. The first-order chi connectivity index (χ1) is 8.87. The van der Waals surface area contributed by atoms with Crippen molar-refractivity contribution in [3.8, 4) is 5.75 Å². The van der Waals surface area contributed by atoms with Crippen LogP contribution in [-0.4, -0.2) is 18.7 Å². The molecule has 0 spiro atoms. The lowest BCUT2D eigenvalue weighted by Crippen LogP contribution is -2.52. The molecule has 1 atom stereocenters. The molecule has 0 heterocycles. The van der Waals surface area contributed by atoms with Crippen LogP contribution >= 0.6 is 12.4 Å². The fourth-order valence-electron chi connectivity index (χ4n) is 1.60. The summed E-state index contributed by atoms with van der Waals surface area (Å²) in [6, 6.07) is 6.61. The average molecular weight is 309 g/mol. The second kappa shape index (κ2) is 8.39. The molecule has 20 heavy (non-hydrogen) atoms. The van der Waals surface area contributed by atoms with Crippen molar-refractivity contribution >= 4 is 12.4 Å². The minimum Gasteiger partial charge on any atom is -0.435 e. The van der Waals surface area contributed by atoms with Crippen LogP contribution in [-0.2, 0) is 6.54 Å². The Morgan fingerprint density at radius 3 is 2.20 bits per heavy atom. The van der Waals surface area contributed by atoms with Gasteiger partial charge in [0.15, 0.2) is 0 Å². The van der Waals surface area contributed by atoms with Gasteiger partial charge in [0.2, 0.25) is 0 Å². The lowest BCUT2D eigenvalue weighted by Gasteiger charge is -2.33. The van der Waals surface area contributed by atoms with Crippen LogP contribution in [0.25, 0.3) is 0 Å². The normalized spacial score (nSPS) is 14.0. The van der Waals surface area contributed by atoms with Gasteiger partial charge in [-0.1, -0.05) is 26.0 Å². The molecule has 0 bridgehead atoms. The molecular weight excluding hydrogens is 286 g/mol. The smallest absolute Gasteiger partial charge is 0.387 e. The van der Waals surface area contributed by atoms with Crippen molar-refractivity contribution in [2.45, 2.75) is 39.5 Å². The van der Waals surface area contributed by atoms with E-state index in [0.29, 0.717) is 19.0 Å². The minimum atomic E-state index is -2.79. The molecule has 0 aliphatic rings. The number of nitrogens with one attached hydrogen (secondary N) is 1. The van der Waals surface area contributed by atoms with Gasteiger partial charge in [0.25, 0.3) is 0 Å². The van der Waals surface area contributed by atoms with Crippen molar-refractivity contribution in [1.29, 1.82) is 0 Å². The molecule has 1 aromatic rings. The highest BCUT2D eigenvalue weighted by Gasteiger charge is 2.25. The predicted molar refractivity (Wildman–Crippen MR) is 79.5 cm³/mol. The summed E-state index contributed by atoms with van der Waals surface area (Å²) in [6.45, 7) is 4.69. The zero-order valence-corrected chi connectivity index (χ0v) is 12.8. The van der Waals surface area contributed by atoms with E-state index in [2.05, 4.69) is 30.8 Å². The van der Waals surface area contributed by atoms with Crippen LogP contribution in [0, 0.1) is 5.92 Å². The molecule has 0 aliphatic heterocycles. The van der Waals surface area contributed by atoms with E-state index in [9.17, 15) is 8.78 Å². The molecule has 0 radical (unpaired) electrons. The molecule has 1 aromatic carbocycles. The van der Waals surface area contributed by atoms with Gasteiger partial charge in [0.1, 0.15) is 5.75 Å². The Balaban J connectivity index is 0.00000361. The Morgan fingerprint density at radius 1 is 1.25 bits per heavy atom. The number of nitrogens with two attached hydrogens (primary N) is 1. The summed E-state index contributed by atoms with van der Waals surface area (Å²) >= 11 is 0. The highest BCUT2D eigenvalue weighted by molar-refractivity contribution is 5.85. The third-order valence-electron chi connectivity index (χ3n) is 3.54. The Morgan fingerprint density at radius 2 is 1.80 bits per heavy atom. The third kappa shape index (κ3) is 5.61. The van der Waals surface area contributed by atoms with Crippen LogP contribution in [0.4, 0.5) is 8.78 Å². The largest absolute Gasteiger partial charge is 0.435 e. The van der Waals surface area contributed by atoms with Crippen molar-refractivity contribution < 1.29 is 13.5 Å². The van der Waals surface area contributed by atoms with Crippen LogP contribution in [0.3, 0.4) is 0 Å². The van der Waals surface area contributed by atoms with Gasteiger partial charge in [-0.15, -0.1) is 12.4 Å². The van der Waals surface area contributed by atoms with E-state index in [1.807, 2.05) is 0 Å². The molecular formula is C14H23ClF2N2O. The van der Waals surface area contributed by atoms with Crippen LogP contribution in [0.2, 0.25) is 0 Å². The standard InChI is InChI=1S/C14H22F2N2O.ClH/c1-10(2)14(3,9-17)18-8-11-4-6-12(7-5-11)19-13(15)16;/h4-7,10,13,18H,8-9,17H2,1-3H3;1H. The van der Waals surface area contributed by atoms with Crippen molar-refractivity contribution in [1.82, 2.24) is 5.32 Å².